The summed E-state index contributed by atoms with van der Waals surface area (Å²) < 4.78 is 37.9. The second kappa shape index (κ2) is 9.02. The predicted octanol–water partition coefficient (Wildman–Crippen LogP) is 4.41. The van der Waals surface area contributed by atoms with Gasteiger partial charge in [-0.15, -0.1) is 11.3 Å². The molecule has 0 spiro atoms. The lowest BCUT2D eigenvalue weighted by molar-refractivity contribution is -0.140. The standard InChI is InChI=1S/C18H23F3N4S/c1-4-22-17(23-10-16-25-15(11-26-16)18(19,20)21)24-13(3)12(2)14-8-6-5-7-9-14/h5-9,11-13H,4,10H2,1-3H3,(H2,22,23,24). The molecule has 0 radical (unpaired) electrons. The van der Waals surface area contributed by atoms with E-state index in [2.05, 4.69) is 46.6 Å². The average Bonchev–Trinajstić information content (AvgIpc) is 3.09. The maximum atomic E-state index is 12.6. The minimum Gasteiger partial charge on any atom is -0.357 e. The van der Waals surface area contributed by atoms with Crippen molar-refractivity contribution < 1.29 is 13.2 Å². The number of nitrogens with one attached hydrogen (secondary N) is 2. The number of thiazole rings is 1. The summed E-state index contributed by atoms with van der Waals surface area (Å²) in [6.07, 6.45) is -4.42. The second-order valence-corrected chi connectivity index (χ2v) is 6.89. The molecule has 142 valence electrons. The highest BCUT2D eigenvalue weighted by molar-refractivity contribution is 7.09. The van der Waals surface area contributed by atoms with Crippen molar-refractivity contribution in [1.29, 1.82) is 0 Å². The Labute approximate surface area is 155 Å². The van der Waals surface area contributed by atoms with Crippen LogP contribution in [0.25, 0.3) is 0 Å². The molecule has 0 amide bonds. The molecule has 2 unspecified atom stereocenters. The lowest BCUT2D eigenvalue weighted by Crippen LogP contribution is -2.44. The fourth-order valence-electron chi connectivity index (χ4n) is 2.37. The van der Waals surface area contributed by atoms with Gasteiger partial charge in [-0.2, -0.15) is 13.2 Å². The van der Waals surface area contributed by atoms with Gasteiger partial charge in [-0.25, -0.2) is 9.98 Å². The van der Waals surface area contributed by atoms with E-state index in [0.29, 0.717) is 17.5 Å². The van der Waals surface area contributed by atoms with Crippen molar-refractivity contribution in [3.05, 3.63) is 52.0 Å². The van der Waals surface area contributed by atoms with Gasteiger partial charge in [-0.3, -0.25) is 0 Å². The van der Waals surface area contributed by atoms with Crippen LogP contribution < -0.4 is 10.6 Å². The van der Waals surface area contributed by atoms with Gasteiger partial charge >= 0.3 is 6.18 Å². The number of guanidine groups is 1. The fraction of sp³-hybridized carbons (Fsp3) is 0.444. The molecule has 8 heteroatoms. The summed E-state index contributed by atoms with van der Waals surface area (Å²) in [5.74, 6) is 0.809. The molecule has 0 aliphatic carbocycles. The molecular weight excluding hydrogens is 361 g/mol. The van der Waals surface area contributed by atoms with Gasteiger partial charge in [-0.1, -0.05) is 37.3 Å². The second-order valence-electron chi connectivity index (χ2n) is 5.95. The molecule has 0 saturated heterocycles. The lowest BCUT2D eigenvalue weighted by Gasteiger charge is -2.24. The van der Waals surface area contributed by atoms with Gasteiger partial charge in [0.25, 0.3) is 0 Å². The minimum atomic E-state index is -4.42. The Morgan fingerprint density at radius 3 is 2.50 bits per heavy atom. The van der Waals surface area contributed by atoms with Gasteiger partial charge in [0.05, 0.1) is 6.54 Å². The summed E-state index contributed by atoms with van der Waals surface area (Å²) in [7, 11) is 0. The summed E-state index contributed by atoms with van der Waals surface area (Å²) in [5, 5.41) is 7.79. The first-order valence-electron chi connectivity index (χ1n) is 8.42. The van der Waals surface area contributed by atoms with Gasteiger partial charge in [-0.05, 0) is 19.4 Å². The molecule has 2 rings (SSSR count). The number of aromatic nitrogens is 1. The fourth-order valence-corrected chi connectivity index (χ4v) is 3.09. The molecule has 0 bridgehead atoms. The lowest BCUT2D eigenvalue weighted by atomic mass is 9.94. The normalized spacial score (nSPS) is 14.8. The SMILES string of the molecule is CCNC(=NCc1nc(C(F)(F)F)cs1)NC(C)C(C)c1ccccc1. The number of hydrogen-bond acceptors (Lipinski definition) is 3. The summed E-state index contributed by atoms with van der Waals surface area (Å²) >= 11 is 0.965. The molecule has 26 heavy (non-hydrogen) atoms. The van der Waals surface area contributed by atoms with E-state index in [-0.39, 0.29) is 18.5 Å². The van der Waals surface area contributed by atoms with Crippen LogP contribution in [0.3, 0.4) is 0 Å². The number of nitrogens with zero attached hydrogens (tertiary/aromatic N) is 2. The van der Waals surface area contributed by atoms with E-state index in [0.717, 1.165) is 16.7 Å². The van der Waals surface area contributed by atoms with E-state index < -0.39 is 11.9 Å². The summed E-state index contributed by atoms with van der Waals surface area (Å²) in [6, 6.07) is 10.2. The van der Waals surface area contributed by atoms with Crippen LogP contribution in [0.1, 0.15) is 43.0 Å². The molecule has 2 N–H and O–H groups in total. The van der Waals surface area contributed by atoms with Crippen LogP contribution in [0, 0.1) is 0 Å². The molecule has 0 fully saturated rings. The molecule has 2 aromatic rings. The van der Waals surface area contributed by atoms with Gasteiger partial charge in [0.1, 0.15) is 5.01 Å². The van der Waals surface area contributed by atoms with Gasteiger partial charge in [0.2, 0.25) is 0 Å². The number of alkyl halides is 3. The maximum Gasteiger partial charge on any atom is 0.434 e. The Bertz CT molecular complexity index is 713. The third kappa shape index (κ3) is 5.72. The van der Waals surface area contributed by atoms with Crippen molar-refractivity contribution in [3.63, 3.8) is 0 Å². The van der Waals surface area contributed by atoms with Crippen LogP contribution in [0.2, 0.25) is 0 Å². The van der Waals surface area contributed by atoms with E-state index in [1.54, 1.807) is 0 Å². The zero-order valence-corrected chi connectivity index (χ0v) is 15.8. The van der Waals surface area contributed by atoms with Gasteiger partial charge in [0.15, 0.2) is 11.7 Å². The molecule has 0 aliphatic rings. The molecule has 0 aliphatic heterocycles. The predicted molar refractivity (Wildman–Crippen MR) is 99.4 cm³/mol. The molecular formula is C18H23F3N4S. The largest absolute Gasteiger partial charge is 0.434 e. The highest BCUT2D eigenvalue weighted by atomic mass is 32.1. The van der Waals surface area contributed by atoms with E-state index in [9.17, 15) is 13.2 Å². The van der Waals surface area contributed by atoms with Gasteiger partial charge in [0, 0.05) is 23.9 Å². The molecule has 0 saturated carbocycles. The summed E-state index contributed by atoms with van der Waals surface area (Å²) in [5.41, 5.74) is 0.342. The maximum absolute atomic E-state index is 12.6. The van der Waals surface area contributed by atoms with Crippen LogP contribution >= 0.6 is 11.3 Å². The number of benzene rings is 1. The zero-order chi connectivity index (χ0) is 19.2. The molecule has 4 nitrogen and oxygen atoms in total. The topological polar surface area (TPSA) is 49.3 Å². The van der Waals surface area contributed by atoms with Crippen LogP contribution in [-0.4, -0.2) is 23.5 Å². The Morgan fingerprint density at radius 1 is 1.23 bits per heavy atom. The van der Waals surface area contributed by atoms with Crippen LogP contribution in [-0.2, 0) is 12.7 Å². The van der Waals surface area contributed by atoms with Gasteiger partial charge < -0.3 is 10.6 Å². The first-order valence-corrected chi connectivity index (χ1v) is 9.30. The van der Waals surface area contributed by atoms with Crippen molar-refractivity contribution in [3.8, 4) is 0 Å². The molecule has 1 heterocycles. The highest BCUT2D eigenvalue weighted by Crippen LogP contribution is 2.30. The number of rotatable bonds is 6. The van der Waals surface area contributed by atoms with Crippen LogP contribution in [0.4, 0.5) is 13.2 Å². The van der Waals surface area contributed by atoms with Crippen molar-refractivity contribution in [2.75, 3.05) is 6.54 Å². The first kappa shape index (κ1) is 20.2. The monoisotopic (exact) mass is 384 g/mol. The van der Waals surface area contributed by atoms with Crippen molar-refractivity contribution in [1.82, 2.24) is 15.6 Å². The number of hydrogen-bond donors (Lipinski definition) is 2. The van der Waals surface area contributed by atoms with E-state index in [1.807, 2.05) is 25.1 Å². The van der Waals surface area contributed by atoms with Crippen molar-refractivity contribution in [2.24, 2.45) is 4.99 Å². The quantitative estimate of drug-likeness (QED) is 0.573. The van der Waals surface area contributed by atoms with Crippen molar-refractivity contribution in [2.45, 2.75) is 45.5 Å². The Morgan fingerprint density at radius 2 is 1.92 bits per heavy atom. The average molecular weight is 384 g/mol. The Kier molecular flexibility index (Phi) is 7.02. The first-order chi connectivity index (χ1) is 12.3. The number of halogens is 3. The zero-order valence-electron chi connectivity index (χ0n) is 15.0. The summed E-state index contributed by atoms with van der Waals surface area (Å²) in [4.78, 5) is 7.98. The van der Waals surface area contributed by atoms with E-state index >= 15 is 0 Å². The van der Waals surface area contributed by atoms with Crippen LogP contribution in [0.15, 0.2) is 40.7 Å². The highest BCUT2D eigenvalue weighted by Gasteiger charge is 2.33. The summed E-state index contributed by atoms with van der Waals surface area (Å²) in [6.45, 7) is 6.86. The molecule has 1 aromatic carbocycles. The molecule has 1 aromatic heterocycles. The Hall–Kier alpha value is -2.09. The minimum absolute atomic E-state index is 0.0947. The van der Waals surface area contributed by atoms with E-state index in [4.69, 9.17) is 0 Å². The smallest absolute Gasteiger partial charge is 0.357 e. The van der Waals surface area contributed by atoms with Crippen molar-refractivity contribution >= 4 is 17.3 Å². The Balaban J connectivity index is 2.03. The van der Waals surface area contributed by atoms with Crippen LogP contribution in [0.5, 0.6) is 0 Å². The van der Waals surface area contributed by atoms with E-state index in [1.165, 1.54) is 5.56 Å². The number of aliphatic imine (C=N–C) groups is 1. The molecule has 2 atom stereocenters. The third-order valence-corrected chi connectivity index (χ3v) is 4.83. The third-order valence-electron chi connectivity index (χ3n) is 4.00.